The molecule has 0 aliphatic carbocycles. The van der Waals surface area contributed by atoms with Crippen LogP contribution in [0, 0.1) is 23.7 Å². The SMILES string of the molecule is Cc1ccc(OCCC(C)(C)C#N)c(N)c1. The van der Waals surface area contributed by atoms with Crippen LogP contribution < -0.4 is 10.5 Å². The Morgan fingerprint density at radius 1 is 1.44 bits per heavy atom. The molecule has 0 atom stereocenters. The summed E-state index contributed by atoms with van der Waals surface area (Å²) in [4.78, 5) is 0. The molecule has 0 aromatic heterocycles. The van der Waals surface area contributed by atoms with Gasteiger partial charge >= 0.3 is 0 Å². The van der Waals surface area contributed by atoms with Gasteiger partial charge in [0.15, 0.2) is 0 Å². The van der Waals surface area contributed by atoms with Crippen LogP contribution in [-0.2, 0) is 0 Å². The number of rotatable bonds is 4. The van der Waals surface area contributed by atoms with Gasteiger partial charge in [-0.15, -0.1) is 0 Å². The zero-order chi connectivity index (χ0) is 12.2. The molecule has 0 unspecified atom stereocenters. The maximum Gasteiger partial charge on any atom is 0.142 e. The molecule has 2 N–H and O–H groups in total. The highest BCUT2D eigenvalue weighted by Crippen LogP contribution is 2.24. The van der Waals surface area contributed by atoms with E-state index in [4.69, 9.17) is 15.7 Å². The molecule has 0 radical (unpaired) electrons. The average molecular weight is 218 g/mol. The lowest BCUT2D eigenvalue weighted by Crippen LogP contribution is -2.13. The lowest BCUT2D eigenvalue weighted by atomic mass is 9.92. The number of nitrogens with zero attached hydrogens (tertiary/aromatic N) is 1. The first-order chi connectivity index (χ1) is 7.44. The van der Waals surface area contributed by atoms with E-state index in [9.17, 15) is 0 Å². The molecule has 86 valence electrons. The molecule has 0 bridgehead atoms. The van der Waals surface area contributed by atoms with Gasteiger partial charge in [0, 0.05) is 0 Å². The van der Waals surface area contributed by atoms with E-state index >= 15 is 0 Å². The van der Waals surface area contributed by atoms with Gasteiger partial charge in [0.25, 0.3) is 0 Å². The van der Waals surface area contributed by atoms with Gasteiger partial charge in [-0.05, 0) is 44.9 Å². The molecule has 0 saturated carbocycles. The number of anilines is 1. The average Bonchev–Trinajstić information content (AvgIpc) is 2.21. The van der Waals surface area contributed by atoms with Crippen LogP contribution in [0.4, 0.5) is 5.69 Å². The molecule has 0 amide bonds. The van der Waals surface area contributed by atoms with Gasteiger partial charge in [-0.2, -0.15) is 5.26 Å². The highest BCUT2D eigenvalue weighted by molar-refractivity contribution is 5.53. The topological polar surface area (TPSA) is 59.0 Å². The van der Waals surface area contributed by atoms with Crippen molar-refractivity contribution in [2.24, 2.45) is 5.41 Å². The third-order valence-electron chi connectivity index (χ3n) is 2.45. The largest absolute Gasteiger partial charge is 0.491 e. The van der Waals surface area contributed by atoms with Gasteiger partial charge in [0.1, 0.15) is 5.75 Å². The summed E-state index contributed by atoms with van der Waals surface area (Å²) in [6, 6.07) is 7.94. The molecule has 0 aliphatic rings. The Balaban J connectivity index is 2.53. The molecule has 3 heteroatoms. The Morgan fingerprint density at radius 2 is 2.12 bits per heavy atom. The van der Waals surface area contributed by atoms with Gasteiger partial charge in [-0.1, -0.05) is 6.07 Å². The van der Waals surface area contributed by atoms with Gasteiger partial charge in [0.05, 0.1) is 23.8 Å². The first-order valence-electron chi connectivity index (χ1n) is 5.35. The van der Waals surface area contributed by atoms with E-state index in [0.29, 0.717) is 24.5 Å². The van der Waals surface area contributed by atoms with Crippen LogP contribution >= 0.6 is 0 Å². The zero-order valence-electron chi connectivity index (χ0n) is 10.1. The molecule has 16 heavy (non-hydrogen) atoms. The minimum Gasteiger partial charge on any atom is -0.491 e. The summed E-state index contributed by atoms with van der Waals surface area (Å²) in [5.41, 5.74) is 7.23. The van der Waals surface area contributed by atoms with Gasteiger partial charge in [-0.3, -0.25) is 0 Å². The van der Waals surface area contributed by atoms with E-state index in [1.807, 2.05) is 39.0 Å². The van der Waals surface area contributed by atoms with Gasteiger partial charge in [0.2, 0.25) is 0 Å². The maximum atomic E-state index is 8.85. The summed E-state index contributed by atoms with van der Waals surface area (Å²) in [6.45, 7) is 6.29. The van der Waals surface area contributed by atoms with E-state index in [0.717, 1.165) is 5.56 Å². The summed E-state index contributed by atoms with van der Waals surface area (Å²) in [6.07, 6.45) is 0.691. The molecular weight excluding hydrogens is 200 g/mol. The Bertz CT molecular complexity index is 405. The highest BCUT2D eigenvalue weighted by Gasteiger charge is 2.16. The second-order valence-corrected chi connectivity index (χ2v) is 4.64. The van der Waals surface area contributed by atoms with E-state index in [1.165, 1.54) is 0 Å². The van der Waals surface area contributed by atoms with Crippen LogP contribution in [0.1, 0.15) is 25.8 Å². The number of aryl methyl sites for hydroxylation is 1. The third kappa shape index (κ3) is 3.47. The number of benzene rings is 1. The van der Waals surface area contributed by atoms with Crippen molar-refractivity contribution in [3.8, 4) is 11.8 Å². The van der Waals surface area contributed by atoms with Gasteiger partial charge < -0.3 is 10.5 Å². The van der Waals surface area contributed by atoms with Crippen LogP contribution in [0.15, 0.2) is 18.2 Å². The van der Waals surface area contributed by atoms with Crippen molar-refractivity contribution in [2.75, 3.05) is 12.3 Å². The maximum absolute atomic E-state index is 8.85. The van der Waals surface area contributed by atoms with Crippen LogP contribution in [0.3, 0.4) is 0 Å². The number of hydrogen-bond acceptors (Lipinski definition) is 3. The molecule has 0 saturated heterocycles. The summed E-state index contributed by atoms with van der Waals surface area (Å²) in [7, 11) is 0. The van der Waals surface area contributed by atoms with Crippen molar-refractivity contribution < 1.29 is 4.74 Å². The minimum atomic E-state index is -0.348. The summed E-state index contributed by atoms with van der Waals surface area (Å²) >= 11 is 0. The fraction of sp³-hybridized carbons (Fsp3) is 0.462. The first-order valence-corrected chi connectivity index (χ1v) is 5.35. The lowest BCUT2D eigenvalue weighted by Gasteiger charge is -2.16. The first kappa shape index (κ1) is 12.4. The fourth-order valence-corrected chi connectivity index (χ4v) is 1.27. The van der Waals surface area contributed by atoms with E-state index in [1.54, 1.807) is 0 Å². The van der Waals surface area contributed by atoms with Crippen molar-refractivity contribution in [1.82, 2.24) is 0 Å². The smallest absolute Gasteiger partial charge is 0.142 e. The standard InChI is InChI=1S/C13H18N2O/c1-10-4-5-12(11(15)8-10)16-7-6-13(2,3)9-14/h4-5,8H,6-7,15H2,1-3H3. The predicted octanol–water partition coefficient (Wildman–Crippen LogP) is 2.90. The minimum absolute atomic E-state index is 0.348. The van der Waals surface area contributed by atoms with Crippen molar-refractivity contribution in [3.63, 3.8) is 0 Å². The Labute approximate surface area is 96.8 Å². The molecule has 0 heterocycles. The van der Waals surface area contributed by atoms with Crippen molar-refractivity contribution in [1.29, 1.82) is 5.26 Å². The van der Waals surface area contributed by atoms with Crippen LogP contribution in [0.25, 0.3) is 0 Å². The zero-order valence-corrected chi connectivity index (χ0v) is 10.1. The summed E-state index contributed by atoms with van der Waals surface area (Å²) in [5, 5.41) is 8.85. The number of nitrogens with two attached hydrogens (primary N) is 1. The molecule has 1 aromatic rings. The number of ether oxygens (including phenoxy) is 1. The van der Waals surface area contributed by atoms with Crippen molar-refractivity contribution >= 4 is 5.69 Å². The van der Waals surface area contributed by atoms with Crippen molar-refractivity contribution in [2.45, 2.75) is 27.2 Å². The Hall–Kier alpha value is -1.69. The monoisotopic (exact) mass is 218 g/mol. The quantitative estimate of drug-likeness (QED) is 0.790. The highest BCUT2D eigenvalue weighted by atomic mass is 16.5. The van der Waals surface area contributed by atoms with Crippen LogP contribution in [-0.4, -0.2) is 6.61 Å². The normalized spacial score (nSPS) is 10.9. The fourth-order valence-electron chi connectivity index (χ4n) is 1.27. The second kappa shape index (κ2) is 4.89. The van der Waals surface area contributed by atoms with Crippen LogP contribution in [0.2, 0.25) is 0 Å². The molecule has 1 rings (SSSR count). The summed E-state index contributed by atoms with van der Waals surface area (Å²) in [5.74, 6) is 0.694. The second-order valence-electron chi connectivity index (χ2n) is 4.64. The van der Waals surface area contributed by atoms with E-state index in [-0.39, 0.29) is 5.41 Å². The molecular formula is C13H18N2O. The molecule has 0 spiro atoms. The van der Waals surface area contributed by atoms with Crippen molar-refractivity contribution in [3.05, 3.63) is 23.8 Å². The molecule has 0 aliphatic heterocycles. The molecule has 0 fully saturated rings. The summed E-state index contributed by atoms with van der Waals surface area (Å²) < 4.78 is 5.55. The Kier molecular flexibility index (Phi) is 3.78. The van der Waals surface area contributed by atoms with E-state index in [2.05, 4.69) is 6.07 Å². The predicted molar refractivity (Wildman–Crippen MR) is 65.1 cm³/mol. The number of hydrogen-bond donors (Lipinski definition) is 1. The van der Waals surface area contributed by atoms with E-state index < -0.39 is 0 Å². The number of nitrogen functional groups attached to an aromatic ring is 1. The number of nitriles is 1. The lowest BCUT2D eigenvalue weighted by molar-refractivity contribution is 0.265. The third-order valence-corrected chi connectivity index (χ3v) is 2.45. The van der Waals surface area contributed by atoms with Gasteiger partial charge in [-0.25, -0.2) is 0 Å². The van der Waals surface area contributed by atoms with Crippen LogP contribution in [0.5, 0.6) is 5.75 Å². The molecule has 3 nitrogen and oxygen atoms in total. The Morgan fingerprint density at radius 3 is 2.69 bits per heavy atom. The molecule has 1 aromatic carbocycles.